The van der Waals surface area contributed by atoms with E-state index in [2.05, 4.69) is 16.4 Å². The van der Waals surface area contributed by atoms with Gasteiger partial charge in [0.15, 0.2) is 0 Å². The van der Waals surface area contributed by atoms with Crippen molar-refractivity contribution in [3.63, 3.8) is 0 Å². The van der Waals surface area contributed by atoms with Crippen LogP contribution < -0.4 is 5.32 Å². The fourth-order valence-corrected chi connectivity index (χ4v) is 1.43. The van der Waals surface area contributed by atoms with E-state index in [1.807, 2.05) is 24.4 Å². The summed E-state index contributed by atoms with van der Waals surface area (Å²) in [5.41, 5.74) is 2.17. The van der Waals surface area contributed by atoms with Crippen molar-refractivity contribution in [3.05, 3.63) is 30.5 Å². The molecule has 1 atom stereocenters. The summed E-state index contributed by atoms with van der Waals surface area (Å²) in [6, 6.07) is 8.12. The number of benzene rings is 1. The number of hydrogen-bond donors (Lipinski definition) is 3. The molecule has 0 saturated carbocycles. The van der Waals surface area contributed by atoms with Gasteiger partial charge in [0, 0.05) is 29.3 Å². The zero-order valence-corrected chi connectivity index (χ0v) is 8.12. The smallest absolute Gasteiger partial charge is 0.0684 e. The van der Waals surface area contributed by atoms with Gasteiger partial charge in [-0.15, -0.1) is 0 Å². The van der Waals surface area contributed by atoms with Gasteiger partial charge in [0.2, 0.25) is 0 Å². The van der Waals surface area contributed by atoms with Crippen LogP contribution in [0.5, 0.6) is 0 Å². The molecule has 14 heavy (non-hydrogen) atoms. The van der Waals surface area contributed by atoms with Gasteiger partial charge in [-0.1, -0.05) is 0 Å². The van der Waals surface area contributed by atoms with Crippen LogP contribution in [0, 0.1) is 0 Å². The van der Waals surface area contributed by atoms with Gasteiger partial charge < -0.3 is 15.4 Å². The van der Waals surface area contributed by atoms with Crippen LogP contribution in [-0.4, -0.2) is 22.7 Å². The highest BCUT2D eigenvalue weighted by molar-refractivity contribution is 5.82. The average Bonchev–Trinajstić information content (AvgIpc) is 2.61. The second kappa shape index (κ2) is 3.72. The Morgan fingerprint density at radius 2 is 2.29 bits per heavy atom. The number of rotatable bonds is 3. The molecule has 0 radical (unpaired) electrons. The van der Waals surface area contributed by atoms with Crippen LogP contribution in [0.3, 0.4) is 0 Å². The van der Waals surface area contributed by atoms with E-state index in [-0.39, 0.29) is 6.10 Å². The first-order valence-electron chi connectivity index (χ1n) is 4.75. The van der Waals surface area contributed by atoms with E-state index in [0.29, 0.717) is 6.54 Å². The molecular weight excluding hydrogens is 176 g/mol. The van der Waals surface area contributed by atoms with Gasteiger partial charge in [-0.25, -0.2) is 0 Å². The van der Waals surface area contributed by atoms with E-state index in [0.717, 1.165) is 11.2 Å². The number of aliphatic hydroxyl groups excluding tert-OH is 1. The maximum absolute atomic E-state index is 9.12. The van der Waals surface area contributed by atoms with E-state index >= 15 is 0 Å². The molecule has 1 aromatic carbocycles. The molecule has 0 bridgehead atoms. The van der Waals surface area contributed by atoms with Gasteiger partial charge in [0.05, 0.1) is 6.10 Å². The van der Waals surface area contributed by atoms with E-state index in [9.17, 15) is 0 Å². The maximum atomic E-state index is 9.12. The minimum Gasteiger partial charge on any atom is -0.392 e. The highest BCUT2D eigenvalue weighted by Crippen LogP contribution is 2.17. The summed E-state index contributed by atoms with van der Waals surface area (Å²) in [7, 11) is 0. The summed E-state index contributed by atoms with van der Waals surface area (Å²) in [6.45, 7) is 2.34. The van der Waals surface area contributed by atoms with E-state index in [1.54, 1.807) is 6.92 Å². The van der Waals surface area contributed by atoms with Crippen LogP contribution in [0.1, 0.15) is 6.92 Å². The summed E-state index contributed by atoms with van der Waals surface area (Å²) in [5, 5.41) is 13.5. The number of aromatic amines is 1. The van der Waals surface area contributed by atoms with E-state index in [1.165, 1.54) is 5.39 Å². The van der Waals surface area contributed by atoms with Crippen molar-refractivity contribution in [2.24, 2.45) is 0 Å². The predicted octanol–water partition coefficient (Wildman–Crippen LogP) is 1.96. The Balaban J connectivity index is 2.17. The maximum Gasteiger partial charge on any atom is 0.0684 e. The number of fused-ring (bicyclic) bond motifs is 1. The highest BCUT2D eigenvalue weighted by atomic mass is 16.3. The van der Waals surface area contributed by atoms with Gasteiger partial charge in [0.25, 0.3) is 0 Å². The molecule has 3 heteroatoms. The quantitative estimate of drug-likeness (QED) is 0.693. The number of anilines is 1. The van der Waals surface area contributed by atoms with Crippen LogP contribution >= 0.6 is 0 Å². The molecule has 2 rings (SSSR count). The monoisotopic (exact) mass is 190 g/mol. The summed E-state index contributed by atoms with van der Waals surface area (Å²) >= 11 is 0. The molecule has 0 amide bonds. The highest BCUT2D eigenvalue weighted by Gasteiger charge is 1.98. The first kappa shape index (κ1) is 9.09. The van der Waals surface area contributed by atoms with Crippen molar-refractivity contribution in [1.82, 2.24) is 4.98 Å². The Morgan fingerprint density at radius 3 is 3.07 bits per heavy atom. The Hall–Kier alpha value is -1.48. The number of aromatic nitrogens is 1. The third kappa shape index (κ3) is 1.88. The number of hydrogen-bond acceptors (Lipinski definition) is 2. The Bertz CT molecular complexity index is 420. The lowest BCUT2D eigenvalue weighted by Gasteiger charge is -2.08. The van der Waals surface area contributed by atoms with Gasteiger partial charge in [-0.3, -0.25) is 0 Å². The lowest BCUT2D eigenvalue weighted by molar-refractivity contribution is 0.208. The number of aliphatic hydroxyl groups is 1. The average molecular weight is 190 g/mol. The molecule has 0 aliphatic heterocycles. The molecule has 1 heterocycles. The number of H-pyrrole nitrogens is 1. The van der Waals surface area contributed by atoms with Gasteiger partial charge in [0.1, 0.15) is 0 Å². The number of nitrogens with one attached hydrogen (secondary N) is 2. The normalized spacial score (nSPS) is 13.0. The molecule has 74 valence electrons. The van der Waals surface area contributed by atoms with Crippen LogP contribution in [0.15, 0.2) is 30.5 Å². The Labute approximate surface area is 82.8 Å². The zero-order valence-electron chi connectivity index (χ0n) is 8.12. The molecular formula is C11H14N2O. The molecule has 1 unspecified atom stereocenters. The molecule has 1 aromatic heterocycles. The molecule has 3 N–H and O–H groups in total. The van der Waals surface area contributed by atoms with Crippen molar-refractivity contribution in [2.75, 3.05) is 11.9 Å². The zero-order chi connectivity index (χ0) is 9.97. The van der Waals surface area contributed by atoms with Crippen molar-refractivity contribution in [3.8, 4) is 0 Å². The molecule has 3 nitrogen and oxygen atoms in total. The summed E-state index contributed by atoms with van der Waals surface area (Å²) in [4.78, 5) is 3.13. The molecule has 0 saturated heterocycles. The molecule has 0 aliphatic carbocycles. The van der Waals surface area contributed by atoms with Gasteiger partial charge in [-0.2, -0.15) is 0 Å². The van der Waals surface area contributed by atoms with Gasteiger partial charge >= 0.3 is 0 Å². The van der Waals surface area contributed by atoms with Crippen molar-refractivity contribution >= 4 is 16.6 Å². The second-order valence-corrected chi connectivity index (χ2v) is 3.51. The summed E-state index contributed by atoms with van der Waals surface area (Å²) in [5.74, 6) is 0. The minimum absolute atomic E-state index is 0.322. The van der Waals surface area contributed by atoms with Gasteiger partial charge in [-0.05, 0) is 31.2 Å². The fraction of sp³-hybridized carbons (Fsp3) is 0.273. The Kier molecular flexibility index (Phi) is 2.41. The Morgan fingerprint density at radius 1 is 1.43 bits per heavy atom. The largest absolute Gasteiger partial charge is 0.392 e. The third-order valence-corrected chi connectivity index (χ3v) is 2.15. The molecule has 0 aliphatic rings. The predicted molar refractivity (Wildman–Crippen MR) is 58.5 cm³/mol. The van der Waals surface area contributed by atoms with E-state index < -0.39 is 0 Å². The fourth-order valence-electron chi connectivity index (χ4n) is 1.43. The van der Waals surface area contributed by atoms with Crippen molar-refractivity contribution in [1.29, 1.82) is 0 Å². The van der Waals surface area contributed by atoms with E-state index in [4.69, 9.17) is 5.11 Å². The van der Waals surface area contributed by atoms with Crippen molar-refractivity contribution in [2.45, 2.75) is 13.0 Å². The standard InChI is InChI=1S/C11H14N2O/c1-8(14)7-13-10-2-3-11-9(6-10)4-5-12-11/h2-6,8,12-14H,7H2,1H3. The lowest BCUT2D eigenvalue weighted by Crippen LogP contribution is -2.15. The van der Waals surface area contributed by atoms with Crippen LogP contribution in [0.4, 0.5) is 5.69 Å². The van der Waals surface area contributed by atoms with Crippen LogP contribution in [0.2, 0.25) is 0 Å². The first-order valence-corrected chi connectivity index (χ1v) is 4.75. The first-order chi connectivity index (χ1) is 6.75. The van der Waals surface area contributed by atoms with Crippen LogP contribution in [-0.2, 0) is 0 Å². The third-order valence-electron chi connectivity index (χ3n) is 2.15. The SMILES string of the molecule is CC(O)CNc1ccc2[nH]ccc2c1. The van der Waals surface area contributed by atoms with Crippen LogP contribution in [0.25, 0.3) is 10.9 Å². The second-order valence-electron chi connectivity index (χ2n) is 3.51. The minimum atomic E-state index is -0.322. The molecule has 0 spiro atoms. The lowest BCUT2D eigenvalue weighted by atomic mass is 10.2. The summed E-state index contributed by atoms with van der Waals surface area (Å²) in [6.07, 6.45) is 1.60. The topological polar surface area (TPSA) is 48.0 Å². The summed E-state index contributed by atoms with van der Waals surface area (Å²) < 4.78 is 0. The molecule has 2 aromatic rings. The molecule has 0 fully saturated rings. The van der Waals surface area contributed by atoms with Crippen molar-refractivity contribution < 1.29 is 5.11 Å².